The van der Waals surface area contributed by atoms with Gasteiger partial charge >= 0.3 is 5.97 Å². The van der Waals surface area contributed by atoms with Gasteiger partial charge in [0.1, 0.15) is 5.60 Å². The van der Waals surface area contributed by atoms with Crippen molar-refractivity contribution in [3.63, 3.8) is 0 Å². The van der Waals surface area contributed by atoms with Crippen molar-refractivity contribution in [2.45, 2.75) is 84.8 Å². The molecule has 0 radical (unpaired) electrons. The van der Waals surface area contributed by atoms with E-state index >= 15 is 0 Å². The number of fused-ring (bicyclic) bond motifs is 1. The van der Waals surface area contributed by atoms with E-state index in [1.165, 1.54) is 5.57 Å². The van der Waals surface area contributed by atoms with E-state index in [9.17, 15) is 9.90 Å². The van der Waals surface area contributed by atoms with Gasteiger partial charge in [-0.05, 0) is 63.7 Å². The summed E-state index contributed by atoms with van der Waals surface area (Å²) in [5.41, 5.74) is -0.366. The first-order valence-electron chi connectivity index (χ1n) is 8.98. The van der Waals surface area contributed by atoms with Gasteiger partial charge < -0.3 is 9.84 Å². The van der Waals surface area contributed by atoms with Crippen LogP contribution in [0.2, 0.25) is 0 Å². The summed E-state index contributed by atoms with van der Waals surface area (Å²) >= 11 is 0. The summed E-state index contributed by atoms with van der Waals surface area (Å²) in [7, 11) is 0. The van der Waals surface area contributed by atoms with Gasteiger partial charge in [0.15, 0.2) is 0 Å². The molecule has 1 N–H and O–H groups in total. The Morgan fingerprint density at radius 2 is 1.96 bits per heavy atom. The van der Waals surface area contributed by atoms with Gasteiger partial charge in [0, 0.05) is 6.42 Å². The molecular weight excluding hydrogens is 288 g/mol. The van der Waals surface area contributed by atoms with Gasteiger partial charge in [-0.2, -0.15) is 0 Å². The first kappa shape index (κ1) is 17.0. The number of esters is 1. The molecule has 0 spiro atoms. The van der Waals surface area contributed by atoms with E-state index in [1.54, 1.807) is 0 Å². The summed E-state index contributed by atoms with van der Waals surface area (Å²) in [5.74, 6) is 1.08. The summed E-state index contributed by atoms with van der Waals surface area (Å²) in [4.78, 5) is 12.9. The van der Waals surface area contributed by atoms with Crippen molar-refractivity contribution in [2.24, 2.45) is 22.7 Å². The standard InChI is InChI=1S/C20H32O3/c1-17(2,3)11-18(4,5)16(21)23-20-9-14-7-13(15(14)10-20)8-19(6,22)12-20/h8,14-15,22H,7,9-12H2,1-6H3. The number of ether oxygens (including phenoxy) is 1. The van der Waals surface area contributed by atoms with Gasteiger partial charge in [-0.3, -0.25) is 4.79 Å². The molecule has 0 aromatic carbocycles. The Kier molecular flexibility index (Phi) is 3.58. The van der Waals surface area contributed by atoms with Crippen LogP contribution in [-0.4, -0.2) is 22.3 Å². The number of carbonyl (C=O) groups excluding carboxylic acids is 1. The zero-order valence-corrected chi connectivity index (χ0v) is 15.5. The highest BCUT2D eigenvalue weighted by Crippen LogP contribution is 2.60. The van der Waals surface area contributed by atoms with Crippen molar-refractivity contribution >= 4 is 5.97 Å². The molecule has 2 fully saturated rings. The van der Waals surface area contributed by atoms with Gasteiger partial charge in [-0.15, -0.1) is 0 Å². The van der Waals surface area contributed by atoms with Gasteiger partial charge in [0.05, 0.1) is 11.0 Å². The molecule has 3 rings (SSSR count). The van der Waals surface area contributed by atoms with Gasteiger partial charge in [0.2, 0.25) is 0 Å². The molecule has 23 heavy (non-hydrogen) atoms. The van der Waals surface area contributed by atoms with Crippen LogP contribution in [0, 0.1) is 22.7 Å². The van der Waals surface area contributed by atoms with Gasteiger partial charge in [0.25, 0.3) is 0 Å². The second-order valence-electron chi connectivity index (χ2n) is 10.4. The highest BCUT2D eigenvalue weighted by molar-refractivity contribution is 5.76. The zero-order chi connectivity index (χ0) is 17.3. The van der Waals surface area contributed by atoms with Crippen molar-refractivity contribution in [1.82, 2.24) is 0 Å². The Morgan fingerprint density at radius 1 is 1.30 bits per heavy atom. The van der Waals surface area contributed by atoms with Crippen LogP contribution in [0.25, 0.3) is 0 Å². The molecule has 0 aromatic heterocycles. The molecule has 2 bridgehead atoms. The lowest BCUT2D eigenvalue weighted by molar-refractivity contribution is -0.176. The molecule has 3 aliphatic rings. The molecule has 0 aromatic rings. The number of aliphatic hydroxyl groups is 1. The minimum absolute atomic E-state index is 0.0819. The number of carbonyl (C=O) groups is 1. The molecule has 3 nitrogen and oxygen atoms in total. The van der Waals surface area contributed by atoms with Crippen LogP contribution in [-0.2, 0) is 9.53 Å². The average Bonchev–Trinajstić information content (AvgIpc) is 2.51. The molecular formula is C20H32O3. The summed E-state index contributed by atoms with van der Waals surface area (Å²) < 4.78 is 6.16. The summed E-state index contributed by atoms with van der Waals surface area (Å²) in [6.07, 6.45) is 6.25. The molecule has 130 valence electrons. The SMILES string of the molecule is CC(C)(C)CC(C)(C)C(=O)OC12CC3CC(=CC(C)(O)C1)C3C2. The van der Waals surface area contributed by atoms with Crippen molar-refractivity contribution in [3.8, 4) is 0 Å². The van der Waals surface area contributed by atoms with Crippen LogP contribution in [0.4, 0.5) is 0 Å². The second-order valence-corrected chi connectivity index (χ2v) is 10.4. The largest absolute Gasteiger partial charge is 0.459 e. The number of hydrogen-bond donors (Lipinski definition) is 1. The third-order valence-corrected chi connectivity index (χ3v) is 5.78. The molecule has 0 saturated heterocycles. The maximum atomic E-state index is 12.9. The molecule has 0 aliphatic heterocycles. The van der Waals surface area contributed by atoms with Crippen LogP contribution in [0.15, 0.2) is 11.6 Å². The molecule has 0 amide bonds. The fraction of sp³-hybridized carbons (Fsp3) is 0.850. The predicted molar refractivity (Wildman–Crippen MR) is 90.8 cm³/mol. The minimum Gasteiger partial charge on any atom is -0.459 e. The monoisotopic (exact) mass is 320 g/mol. The fourth-order valence-corrected chi connectivity index (χ4v) is 5.48. The Labute approximate surface area is 140 Å². The fourth-order valence-electron chi connectivity index (χ4n) is 5.48. The van der Waals surface area contributed by atoms with Crippen LogP contribution in [0.1, 0.15) is 73.6 Å². The Hall–Kier alpha value is -0.830. The van der Waals surface area contributed by atoms with Gasteiger partial charge in [-0.25, -0.2) is 0 Å². The van der Waals surface area contributed by atoms with Crippen molar-refractivity contribution in [2.75, 3.05) is 0 Å². The van der Waals surface area contributed by atoms with Crippen molar-refractivity contribution in [1.29, 1.82) is 0 Å². The Morgan fingerprint density at radius 3 is 2.57 bits per heavy atom. The lowest BCUT2D eigenvalue weighted by Crippen LogP contribution is -2.44. The Bertz CT molecular complexity index is 550. The lowest BCUT2D eigenvalue weighted by atomic mass is 9.69. The maximum absolute atomic E-state index is 12.9. The summed E-state index contributed by atoms with van der Waals surface area (Å²) in [6, 6.07) is 0. The zero-order valence-electron chi connectivity index (χ0n) is 15.5. The van der Waals surface area contributed by atoms with Gasteiger partial charge in [-0.1, -0.05) is 32.4 Å². The average molecular weight is 320 g/mol. The molecule has 4 atom stereocenters. The number of hydrogen-bond acceptors (Lipinski definition) is 3. The molecule has 3 aliphatic carbocycles. The van der Waals surface area contributed by atoms with E-state index in [-0.39, 0.29) is 11.4 Å². The topological polar surface area (TPSA) is 46.5 Å². The van der Waals surface area contributed by atoms with Crippen molar-refractivity contribution in [3.05, 3.63) is 11.6 Å². The molecule has 3 heteroatoms. The van der Waals surface area contributed by atoms with Crippen LogP contribution >= 0.6 is 0 Å². The van der Waals surface area contributed by atoms with E-state index < -0.39 is 16.6 Å². The van der Waals surface area contributed by atoms with Crippen LogP contribution < -0.4 is 0 Å². The minimum atomic E-state index is -0.857. The van der Waals surface area contributed by atoms with E-state index in [1.807, 2.05) is 26.8 Å². The van der Waals surface area contributed by atoms with Crippen LogP contribution in [0.5, 0.6) is 0 Å². The summed E-state index contributed by atoms with van der Waals surface area (Å²) in [5, 5.41) is 10.7. The first-order chi connectivity index (χ1) is 10.3. The molecule has 2 saturated carbocycles. The second kappa shape index (κ2) is 4.84. The smallest absolute Gasteiger partial charge is 0.312 e. The normalized spacial score (nSPS) is 39.3. The molecule has 0 heterocycles. The first-order valence-corrected chi connectivity index (χ1v) is 8.98. The van der Waals surface area contributed by atoms with E-state index in [4.69, 9.17) is 4.74 Å². The third kappa shape index (κ3) is 3.22. The van der Waals surface area contributed by atoms with E-state index in [0.29, 0.717) is 18.3 Å². The summed E-state index contributed by atoms with van der Waals surface area (Å²) in [6.45, 7) is 12.3. The van der Waals surface area contributed by atoms with Crippen molar-refractivity contribution < 1.29 is 14.6 Å². The highest BCUT2D eigenvalue weighted by atomic mass is 16.6. The predicted octanol–water partition coefficient (Wildman–Crippen LogP) is 4.24. The van der Waals surface area contributed by atoms with Crippen LogP contribution in [0.3, 0.4) is 0 Å². The number of rotatable bonds is 3. The number of allylic oxidation sites excluding steroid dienone is 1. The quantitative estimate of drug-likeness (QED) is 0.625. The Balaban J connectivity index is 1.78. The lowest BCUT2D eigenvalue weighted by Gasteiger charge is -2.40. The highest BCUT2D eigenvalue weighted by Gasteiger charge is 2.58. The van der Waals surface area contributed by atoms with E-state index in [0.717, 1.165) is 25.7 Å². The van der Waals surface area contributed by atoms with E-state index in [2.05, 4.69) is 20.8 Å². The maximum Gasteiger partial charge on any atom is 0.312 e. The third-order valence-electron chi connectivity index (χ3n) is 5.78. The molecule has 4 unspecified atom stereocenters.